The molecule has 3 rings (SSSR count). The summed E-state index contributed by atoms with van der Waals surface area (Å²) in [6, 6.07) is 10.6. The van der Waals surface area contributed by atoms with Crippen molar-refractivity contribution in [2.45, 2.75) is 25.7 Å². The monoisotopic (exact) mass is 466 g/mol. The van der Waals surface area contributed by atoms with Gasteiger partial charge in [-0.25, -0.2) is 4.39 Å². The average molecular weight is 466 g/mol. The van der Waals surface area contributed by atoms with Gasteiger partial charge in [0.05, 0.1) is 23.8 Å². The molecule has 33 heavy (non-hydrogen) atoms. The second kappa shape index (κ2) is 10.8. The van der Waals surface area contributed by atoms with Crippen LogP contribution in [-0.2, 0) is 22.3 Å². The number of amides is 2. The smallest absolute Gasteiger partial charge is 0.351 e. The molecule has 2 aromatic carbocycles. The molecular weight excluding hydrogens is 440 g/mol. The number of halogens is 4. The minimum atomic E-state index is -4.56. The van der Waals surface area contributed by atoms with Gasteiger partial charge in [-0.2, -0.15) is 13.2 Å². The van der Waals surface area contributed by atoms with Gasteiger partial charge in [0, 0.05) is 38.3 Å². The van der Waals surface area contributed by atoms with Crippen molar-refractivity contribution in [3.05, 3.63) is 65.5 Å². The van der Waals surface area contributed by atoms with E-state index in [2.05, 4.69) is 10.6 Å². The van der Waals surface area contributed by atoms with Crippen molar-refractivity contribution < 1.29 is 27.2 Å². The predicted octanol–water partition coefficient (Wildman–Crippen LogP) is 3.11. The van der Waals surface area contributed by atoms with Gasteiger partial charge >= 0.3 is 6.18 Å². The highest BCUT2D eigenvalue weighted by molar-refractivity contribution is 5.93. The Morgan fingerprint density at radius 1 is 1.00 bits per heavy atom. The Labute approximate surface area is 189 Å². The number of hydrogen-bond acceptors (Lipinski definition) is 4. The minimum absolute atomic E-state index is 0.0477. The van der Waals surface area contributed by atoms with Crippen molar-refractivity contribution in [1.82, 2.24) is 15.1 Å². The normalized spacial score (nSPS) is 16.3. The molecule has 1 unspecified atom stereocenters. The molecule has 1 aliphatic heterocycles. The summed E-state index contributed by atoms with van der Waals surface area (Å²) in [4.78, 5) is 28.5. The molecule has 0 radical (unpaired) electrons. The number of rotatable bonds is 7. The first-order valence-electron chi connectivity index (χ1n) is 10.6. The van der Waals surface area contributed by atoms with E-state index in [1.165, 1.54) is 24.3 Å². The lowest BCUT2D eigenvalue weighted by molar-refractivity contribution is -0.137. The van der Waals surface area contributed by atoms with E-state index >= 15 is 0 Å². The summed E-state index contributed by atoms with van der Waals surface area (Å²) in [5.41, 5.74) is -0.756. The minimum Gasteiger partial charge on any atom is -0.351 e. The van der Waals surface area contributed by atoms with Crippen LogP contribution in [-0.4, -0.2) is 60.4 Å². The first-order chi connectivity index (χ1) is 15.6. The third kappa shape index (κ3) is 6.75. The van der Waals surface area contributed by atoms with E-state index in [0.717, 1.165) is 6.07 Å². The van der Waals surface area contributed by atoms with Crippen molar-refractivity contribution in [1.29, 1.82) is 0 Å². The number of nitrogens with one attached hydrogen (secondary N) is 2. The summed E-state index contributed by atoms with van der Waals surface area (Å²) >= 11 is 0. The van der Waals surface area contributed by atoms with Crippen LogP contribution in [0.3, 0.4) is 0 Å². The lowest BCUT2D eigenvalue weighted by Gasteiger charge is -2.37. The van der Waals surface area contributed by atoms with E-state index in [1.54, 1.807) is 25.1 Å². The number of hydrogen-bond donors (Lipinski definition) is 2. The number of piperazine rings is 1. The predicted molar refractivity (Wildman–Crippen MR) is 116 cm³/mol. The molecule has 1 aliphatic rings. The molecule has 1 atom stereocenters. The van der Waals surface area contributed by atoms with Gasteiger partial charge in [0.15, 0.2) is 0 Å². The standard InChI is InChI=1S/C23H26F4N4O2/c1-16(22(33)28-14-17-6-2-4-8-19(17)24)31-12-10-30(11-13-31)15-21(32)29-20-9-5-3-7-18(20)23(25,26)27/h2-9,16H,10-15H2,1H3,(H,28,33)(H,29,32). The molecule has 0 aromatic heterocycles. The van der Waals surface area contributed by atoms with Crippen molar-refractivity contribution in [2.24, 2.45) is 0 Å². The van der Waals surface area contributed by atoms with Gasteiger partial charge in [-0.15, -0.1) is 0 Å². The van der Waals surface area contributed by atoms with Crippen LogP contribution in [0.25, 0.3) is 0 Å². The highest BCUT2D eigenvalue weighted by atomic mass is 19.4. The molecule has 2 amide bonds. The molecule has 10 heteroatoms. The molecule has 2 aromatic rings. The number of nitrogens with zero attached hydrogens (tertiary/aromatic N) is 2. The second-order valence-electron chi connectivity index (χ2n) is 7.89. The van der Waals surface area contributed by atoms with Crippen LogP contribution in [0, 0.1) is 5.82 Å². The number of anilines is 1. The Morgan fingerprint density at radius 3 is 2.30 bits per heavy atom. The summed E-state index contributed by atoms with van der Waals surface area (Å²) in [7, 11) is 0. The maximum absolute atomic E-state index is 13.7. The lowest BCUT2D eigenvalue weighted by Crippen LogP contribution is -2.54. The van der Waals surface area contributed by atoms with Gasteiger partial charge in [-0.1, -0.05) is 30.3 Å². The van der Waals surface area contributed by atoms with E-state index in [0.29, 0.717) is 31.7 Å². The first-order valence-corrected chi connectivity index (χ1v) is 10.6. The number of benzene rings is 2. The van der Waals surface area contributed by atoms with E-state index in [9.17, 15) is 27.2 Å². The summed E-state index contributed by atoms with van der Waals surface area (Å²) in [6.07, 6.45) is -4.56. The molecular formula is C23H26F4N4O2. The van der Waals surface area contributed by atoms with Gasteiger partial charge in [0.25, 0.3) is 0 Å². The highest BCUT2D eigenvalue weighted by Gasteiger charge is 2.34. The molecule has 1 saturated heterocycles. The molecule has 2 N–H and O–H groups in total. The fraction of sp³-hybridized carbons (Fsp3) is 0.391. The molecule has 0 bridgehead atoms. The molecule has 1 fully saturated rings. The SMILES string of the molecule is CC(C(=O)NCc1ccccc1F)N1CCN(CC(=O)Nc2ccccc2C(F)(F)F)CC1. The van der Waals surface area contributed by atoms with Gasteiger partial charge in [-0.05, 0) is 25.1 Å². The molecule has 6 nitrogen and oxygen atoms in total. The second-order valence-corrected chi connectivity index (χ2v) is 7.89. The van der Waals surface area contributed by atoms with Crippen LogP contribution >= 0.6 is 0 Å². The van der Waals surface area contributed by atoms with Gasteiger partial charge in [0.2, 0.25) is 11.8 Å². The third-order valence-corrected chi connectivity index (χ3v) is 5.62. The zero-order valence-corrected chi connectivity index (χ0v) is 18.2. The van der Waals surface area contributed by atoms with E-state index < -0.39 is 23.7 Å². The van der Waals surface area contributed by atoms with E-state index in [4.69, 9.17) is 0 Å². The summed E-state index contributed by atoms with van der Waals surface area (Å²) in [5, 5.41) is 5.08. The van der Waals surface area contributed by atoms with Gasteiger partial charge in [0.1, 0.15) is 5.82 Å². The number of carbonyl (C=O) groups is 2. The number of alkyl halides is 3. The fourth-order valence-corrected chi connectivity index (χ4v) is 3.68. The molecule has 0 aliphatic carbocycles. The first kappa shape index (κ1) is 24.7. The van der Waals surface area contributed by atoms with Crippen LogP contribution < -0.4 is 10.6 Å². The average Bonchev–Trinajstić information content (AvgIpc) is 2.78. The fourth-order valence-electron chi connectivity index (χ4n) is 3.68. The lowest BCUT2D eigenvalue weighted by atomic mass is 10.1. The van der Waals surface area contributed by atoms with E-state index in [-0.39, 0.29) is 30.5 Å². The van der Waals surface area contributed by atoms with Crippen molar-refractivity contribution in [3.8, 4) is 0 Å². The molecule has 0 saturated carbocycles. The van der Waals surface area contributed by atoms with E-state index in [1.807, 2.05) is 9.80 Å². The Balaban J connectivity index is 1.45. The number of carbonyl (C=O) groups excluding carboxylic acids is 2. The number of para-hydroxylation sites is 1. The summed E-state index contributed by atoms with van der Waals surface area (Å²) in [6.45, 7) is 3.80. The quantitative estimate of drug-likeness (QED) is 0.616. The van der Waals surface area contributed by atoms with Gasteiger partial charge in [-0.3, -0.25) is 19.4 Å². The van der Waals surface area contributed by atoms with Crippen LogP contribution in [0.5, 0.6) is 0 Å². The van der Waals surface area contributed by atoms with Gasteiger partial charge < -0.3 is 10.6 Å². The largest absolute Gasteiger partial charge is 0.418 e. The molecule has 0 spiro atoms. The summed E-state index contributed by atoms with van der Waals surface area (Å²) < 4.78 is 53.0. The van der Waals surface area contributed by atoms with Crippen LogP contribution in [0.4, 0.5) is 23.2 Å². The highest BCUT2D eigenvalue weighted by Crippen LogP contribution is 2.34. The molecule has 1 heterocycles. The Hall–Kier alpha value is -2.98. The zero-order valence-electron chi connectivity index (χ0n) is 18.2. The molecule has 178 valence electrons. The van der Waals surface area contributed by atoms with Crippen molar-refractivity contribution in [2.75, 3.05) is 38.0 Å². The third-order valence-electron chi connectivity index (χ3n) is 5.62. The van der Waals surface area contributed by atoms with Crippen LogP contribution in [0.2, 0.25) is 0 Å². The van der Waals surface area contributed by atoms with Crippen molar-refractivity contribution in [3.63, 3.8) is 0 Å². The maximum Gasteiger partial charge on any atom is 0.418 e. The topological polar surface area (TPSA) is 64.7 Å². The summed E-state index contributed by atoms with van der Waals surface area (Å²) in [5.74, 6) is -1.14. The Morgan fingerprint density at radius 2 is 1.64 bits per heavy atom. The zero-order chi connectivity index (χ0) is 24.0. The Kier molecular flexibility index (Phi) is 8.04. The maximum atomic E-state index is 13.7. The van der Waals surface area contributed by atoms with Crippen LogP contribution in [0.1, 0.15) is 18.1 Å². The Bertz CT molecular complexity index is 975. The van der Waals surface area contributed by atoms with Crippen molar-refractivity contribution >= 4 is 17.5 Å². The van der Waals surface area contributed by atoms with Crippen LogP contribution in [0.15, 0.2) is 48.5 Å².